The van der Waals surface area contributed by atoms with Crippen LogP contribution in [0.1, 0.15) is 115 Å². The predicted octanol–water partition coefficient (Wildman–Crippen LogP) is 1.86. The molecule has 3 aromatic carbocycles. The van der Waals surface area contributed by atoms with E-state index in [1.165, 1.54) is 25.6 Å². The van der Waals surface area contributed by atoms with Gasteiger partial charge in [-0.15, -0.1) is 35.3 Å². The normalized spacial score (nSPS) is 16.0. The van der Waals surface area contributed by atoms with Crippen molar-refractivity contribution >= 4 is 112 Å². The number of nitrogens with one attached hydrogen (secondary N) is 6. The van der Waals surface area contributed by atoms with Crippen molar-refractivity contribution < 1.29 is 91.5 Å². The minimum atomic E-state index is -1.27. The molecule has 7 atom stereocenters. The number of nitrogens with zero attached hydrogens (tertiary/aromatic N) is 2. The fraction of sp³-hybridized carbons (Fsp3) is 0.563. The van der Waals surface area contributed by atoms with Crippen LogP contribution in [0.4, 0.5) is 0 Å². The van der Waals surface area contributed by atoms with Crippen LogP contribution >= 0.6 is 35.3 Å². The smallest absolute Gasteiger partial charge is 0.243 e. The number of imide groups is 2. The van der Waals surface area contributed by atoms with Crippen LogP contribution in [0.2, 0.25) is 0 Å². The molecule has 3 aromatic rings. The molecule has 102 heavy (non-hydrogen) atoms. The molecule has 0 saturated carbocycles. The van der Waals surface area contributed by atoms with E-state index >= 15 is 0 Å². The van der Waals surface area contributed by atoms with Crippen LogP contribution in [0, 0.1) is 5.92 Å². The van der Waals surface area contributed by atoms with Crippen molar-refractivity contribution in [3.63, 3.8) is 0 Å². The summed E-state index contributed by atoms with van der Waals surface area (Å²) in [4.78, 5) is 173. The molecule has 10 N–H and O–H groups in total. The lowest BCUT2D eigenvalue weighted by Gasteiger charge is -2.36. The second kappa shape index (κ2) is 46.9. The van der Waals surface area contributed by atoms with E-state index < -0.39 is 104 Å². The predicted molar refractivity (Wildman–Crippen MR) is 384 cm³/mol. The Morgan fingerprint density at radius 2 is 1.12 bits per heavy atom. The van der Waals surface area contributed by atoms with Gasteiger partial charge in [0, 0.05) is 108 Å². The summed E-state index contributed by atoms with van der Waals surface area (Å²) in [7, 11) is 0. The number of likely N-dealkylation sites (tertiary alicyclic amines) is 2. The first-order valence-electron chi connectivity index (χ1n) is 34.4. The molecule has 11 amide bonds. The van der Waals surface area contributed by atoms with Gasteiger partial charge in [0.25, 0.3) is 0 Å². The summed E-state index contributed by atoms with van der Waals surface area (Å²) in [5.74, 6) is -7.49. The Morgan fingerprint density at radius 3 is 1.66 bits per heavy atom. The van der Waals surface area contributed by atoms with Crippen LogP contribution < -0.4 is 37.6 Å². The molecule has 0 aromatic heterocycles. The first kappa shape index (κ1) is 85.0. The van der Waals surface area contributed by atoms with E-state index in [9.17, 15) is 67.4 Å². The average Bonchev–Trinajstić information content (AvgIpc) is 0.973. The second-order valence-electron chi connectivity index (χ2n) is 24.3. The van der Waals surface area contributed by atoms with Crippen molar-refractivity contribution in [1.29, 1.82) is 0 Å². The van der Waals surface area contributed by atoms with Crippen molar-refractivity contribution in [2.45, 2.75) is 137 Å². The third kappa shape index (κ3) is 29.3. The zero-order chi connectivity index (χ0) is 74.2. The summed E-state index contributed by atoms with van der Waals surface area (Å²) in [5, 5.41) is 32.7. The molecule has 7 unspecified atom stereocenters. The number of ketones is 2. The van der Waals surface area contributed by atoms with E-state index in [1.807, 2.05) is 91.0 Å². The highest BCUT2D eigenvalue weighted by molar-refractivity contribution is 8.01. The minimum Gasteiger partial charge on any atom is -0.395 e. The van der Waals surface area contributed by atoms with Gasteiger partial charge in [-0.2, -0.15) is 0 Å². The van der Waals surface area contributed by atoms with Crippen molar-refractivity contribution in [3.8, 4) is 0 Å². The highest BCUT2D eigenvalue weighted by Gasteiger charge is 2.43. The molecule has 2 fully saturated rings. The molecule has 2 aliphatic heterocycles. The standard InChI is InChI=1S/C71H99N9O19S3/c1-4-61(86)73-29-15-14-17-50(67(92)78-56(66(72)91)45-100-59-41-64(89)79(69(59)94)31-27-48(2)83)43-75-62(87)26-25-54(44-98-40-39-97-38-37-96-36-34-82)99-35-16-24-58(85)55(47-102-71(51-18-8-5-9-19-51,52-20-10-6-11-21-52)53-22-12-7-13-23-53)77-63(88)28-32-80-65(90)42-60(70(80)95)101-46-57(76-49(3)84)68(93)74-30-33-81/h5-13,18-23,50,54-57,59-60,81-82H,4,14-17,24-47H2,1-3H3,(H2,72,91)(H,73,86)(H,74,93)(H,75,87)(H,76,84)(H,77,88)(H,78,92). The van der Waals surface area contributed by atoms with Crippen LogP contribution in [0.3, 0.4) is 0 Å². The zero-order valence-corrected chi connectivity index (χ0v) is 60.7. The van der Waals surface area contributed by atoms with Crippen LogP contribution in [-0.4, -0.2) is 241 Å². The molecule has 0 aliphatic carbocycles. The van der Waals surface area contributed by atoms with Crippen molar-refractivity contribution in [1.82, 2.24) is 41.7 Å². The number of carbonyl (C=O) groups is 13. The number of amides is 11. The maximum atomic E-state index is 14.8. The lowest BCUT2D eigenvalue weighted by Crippen LogP contribution is -2.50. The van der Waals surface area contributed by atoms with Gasteiger partial charge in [-0.25, -0.2) is 0 Å². The molecule has 28 nitrogen and oxygen atoms in total. The summed E-state index contributed by atoms with van der Waals surface area (Å²) < 4.78 is 22.2. The van der Waals surface area contributed by atoms with Crippen molar-refractivity contribution in [2.24, 2.45) is 11.7 Å². The van der Waals surface area contributed by atoms with E-state index in [0.717, 1.165) is 50.0 Å². The number of ether oxygens (including phenoxy) is 4. The molecule has 2 heterocycles. The van der Waals surface area contributed by atoms with E-state index in [2.05, 4.69) is 31.9 Å². The molecular formula is C71H99N9O19S3. The fourth-order valence-corrected chi connectivity index (χ4v) is 15.0. The number of carbonyl (C=O) groups excluding carboxylic acids is 13. The lowest BCUT2D eigenvalue weighted by molar-refractivity contribution is -0.140. The Hall–Kier alpha value is -7.62. The van der Waals surface area contributed by atoms with Crippen LogP contribution in [-0.2, 0) is 86.0 Å². The number of hydrogen-bond donors (Lipinski definition) is 9. The van der Waals surface area contributed by atoms with E-state index in [-0.39, 0.29) is 185 Å². The van der Waals surface area contributed by atoms with E-state index in [1.54, 1.807) is 6.92 Å². The van der Waals surface area contributed by atoms with Gasteiger partial charge < -0.3 is 66.8 Å². The van der Waals surface area contributed by atoms with Gasteiger partial charge in [0.05, 0.1) is 86.2 Å². The van der Waals surface area contributed by atoms with Gasteiger partial charge in [-0.1, -0.05) is 104 Å². The van der Waals surface area contributed by atoms with Crippen molar-refractivity contribution in [3.05, 3.63) is 108 Å². The zero-order valence-electron chi connectivity index (χ0n) is 58.2. The van der Waals surface area contributed by atoms with Gasteiger partial charge in [0.1, 0.15) is 17.9 Å². The van der Waals surface area contributed by atoms with Gasteiger partial charge in [0.2, 0.25) is 65.0 Å². The van der Waals surface area contributed by atoms with Crippen LogP contribution in [0.5, 0.6) is 0 Å². The summed E-state index contributed by atoms with van der Waals surface area (Å²) >= 11 is 3.43. The van der Waals surface area contributed by atoms with Gasteiger partial charge in [-0.05, 0) is 49.3 Å². The summed E-state index contributed by atoms with van der Waals surface area (Å²) in [6, 6.07) is 25.8. The van der Waals surface area contributed by atoms with Gasteiger partial charge in [-0.3, -0.25) is 72.1 Å². The van der Waals surface area contributed by atoms with Gasteiger partial charge >= 0.3 is 0 Å². The number of thioether (sulfide) groups is 3. The molecule has 0 spiro atoms. The maximum absolute atomic E-state index is 14.8. The number of hydrogen-bond acceptors (Lipinski definition) is 22. The largest absolute Gasteiger partial charge is 0.395 e. The monoisotopic (exact) mass is 1480 g/mol. The lowest BCUT2D eigenvalue weighted by atomic mass is 9.84. The Bertz CT molecular complexity index is 3120. The first-order chi connectivity index (χ1) is 49.1. The second-order valence-corrected chi connectivity index (χ2v) is 28.0. The van der Waals surface area contributed by atoms with Crippen molar-refractivity contribution in [2.75, 3.05) is 109 Å². The Morgan fingerprint density at radius 1 is 0.559 bits per heavy atom. The molecule has 31 heteroatoms. The number of aliphatic hydroxyl groups excluding tert-OH is 2. The third-order valence-corrected chi connectivity index (χ3v) is 20.7. The first-order valence-corrected chi connectivity index (χ1v) is 37.5. The van der Waals surface area contributed by atoms with E-state index in [4.69, 9.17) is 29.8 Å². The molecule has 560 valence electrons. The fourth-order valence-electron chi connectivity index (χ4n) is 11.0. The number of Topliss-reactive ketones (excluding diaryl/α,β-unsaturated/α-hetero) is 2. The summed E-state index contributed by atoms with van der Waals surface area (Å²) in [6.45, 7) is 4.51. The molecular weight excluding hydrogens is 1380 g/mol. The minimum absolute atomic E-state index is 0.00106. The van der Waals surface area contributed by atoms with Crippen LogP contribution in [0.25, 0.3) is 0 Å². The van der Waals surface area contributed by atoms with Gasteiger partial charge in [0.15, 0.2) is 5.78 Å². The SMILES string of the molecule is CCC(=O)NCCCCC(CNC(=O)CCC(COCCOCCOCCO)OCCCC(=O)C(CSC(c1ccccc1)(c1ccccc1)c1ccccc1)NC(=O)CCN1C(=O)CC(SCC(NC(C)=O)C(=O)NCCO)C1=O)C(=O)NC(CSC1CC(=O)N(CCC(C)=O)C1=O)C(N)=O. The molecule has 2 aliphatic rings. The molecule has 0 radical (unpaired) electrons. The maximum Gasteiger partial charge on any atom is 0.243 e. The Labute approximate surface area is 608 Å². The number of unbranched alkanes of at least 4 members (excludes halogenated alkanes) is 1. The molecule has 2 saturated heterocycles. The topological polar surface area (TPSA) is 404 Å². The van der Waals surface area contributed by atoms with Crippen LogP contribution in [0.15, 0.2) is 91.0 Å². The number of primary amides is 1. The summed E-state index contributed by atoms with van der Waals surface area (Å²) in [6.07, 6.45) is 0.0425. The third-order valence-electron chi connectivity index (χ3n) is 16.5. The number of aliphatic hydroxyl groups is 2. The number of benzene rings is 3. The average molecular weight is 1480 g/mol. The quantitative estimate of drug-likeness (QED) is 0.0221. The Balaban J connectivity index is 1.30. The highest BCUT2D eigenvalue weighted by atomic mass is 32.2. The molecule has 0 bridgehead atoms. The summed E-state index contributed by atoms with van der Waals surface area (Å²) in [5.41, 5.74) is 8.45. The molecule has 5 rings (SSSR count). The van der Waals surface area contributed by atoms with E-state index in [0.29, 0.717) is 19.4 Å². The number of rotatable bonds is 53. The number of nitrogens with two attached hydrogens (primary N) is 1. The highest BCUT2D eigenvalue weighted by Crippen LogP contribution is 2.49. The Kier molecular flexibility index (Phi) is 39.1.